The highest BCUT2D eigenvalue weighted by atomic mass is 32.2. The van der Waals surface area contributed by atoms with E-state index in [0.717, 1.165) is 0 Å². The van der Waals surface area contributed by atoms with Crippen molar-refractivity contribution in [3.8, 4) is 0 Å². The molecule has 0 spiro atoms. The molecule has 0 heterocycles. The Morgan fingerprint density at radius 3 is 2.32 bits per heavy atom. The maximum atomic E-state index is 12.3. The van der Waals surface area contributed by atoms with Gasteiger partial charge < -0.3 is 5.11 Å². The van der Waals surface area contributed by atoms with Crippen molar-refractivity contribution in [2.45, 2.75) is 39.0 Å². The smallest absolute Gasteiger partial charge is 0.335 e. The number of aromatic carboxylic acids is 1. The van der Waals surface area contributed by atoms with Gasteiger partial charge in [-0.3, -0.25) is 0 Å². The Morgan fingerprint density at radius 2 is 1.84 bits per heavy atom. The predicted octanol–water partition coefficient (Wildman–Crippen LogP) is 2.90. The van der Waals surface area contributed by atoms with Crippen molar-refractivity contribution in [1.82, 2.24) is 0 Å². The fraction of sp³-hybridized carbons (Fsp3) is 0.500. The minimum absolute atomic E-state index is 0.0282. The third-order valence-corrected chi connectivity index (χ3v) is 4.82. The summed E-state index contributed by atoms with van der Waals surface area (Å²) in [7, 11) is -3.44. The summed E-state index contributed by atoms with van der Waals surface area (Å²) in [5.74, 6) is -1.08. The fourth-order valence-electron chi connectivity index (χ4n) is 1.73. The summed E-state index contributed by atoms with van der Waals surface area (Å²) in [5, 5.41) is 9.02. The highest BCUT2D eigenvalue weighted by Crippen LogP contribution is 2.25. The summed E-state index contributed by atoms with van der Waals surface area (Å²) < 4.78 is 24.6. The van der Waals surface area contributed by atoms with Crippen LogP contribution in [0.15, 0.2) is 23.1 Å². The molecule has 0 atom stereocenters. The van der Waals surface area contributed by atoms with Crippen LogP contribution in [0.2, 0.25) is 0 Å². The van der Waals surface area contributed by atoms with E-state index in [-0.39, 0.29) is 21.6 Å². The molecule has 0 radical (unpaired) electrons. The van der Waals surface area contributed by atoms with Gasteiger partial charge in [-0.25, -0.2) is 13.2 Å². The van der Waals surface area contributed by atoms with E-state index in [1.807, 2.05) is 20.8 Å². The molecule has 5 heteroatoms. The van der Waals surface area contributed by atoms with E-state index in [4.69, 9.17) is 5.11 Å². The van der Waals surface area contributed by atoms with Crippen molar-refractivity contribution in [3.05, 3.63) is 29.3 Å². The predicted molar refractivity (Wildman–Crippen MR) is 74.3 cm³/mol. The molecule has 0 aliphatic rings. The molecular weight excluding hydrogens is 264 g/mol. The molecule has 0 saturated heterocycles. The number of rotatable bonds is 4. The normalized spacial score (nSPS) is 12.4. The van der Waals surface area contributed by atoms with Crippen molar-refractivity contribution in [2.24, 2.45) is 5.41 Å². The number of carboxylic acid groups (broad SMARTS) is 1. The van der Waals surface area contributed by atoms with Crippen LogP contribution >= 0.6 is 0 Å². The zero-order chi connectivity index (χ0) is 14.8. The van der Waals surface area contributed by atoms with Crippen LogP contribution in [0, 0.1) is 12.3 Å². The van der Waals surface area contributed by atoms with Gasteiger partial charge in [-0.2, -0.15) is 0 Å². The molecule has 19 heavy (non-hydrogen) atoms. The number of sulfone groups is 1. The van der Waals surface area contributed by atoms with E-state index >= 15 is 0 Å². The summed E-state index contributed by atoms with van der Waals surface area (Å²) in [5.41, 5.74) is 0.270. The maximum absolute atomic E-state index is 12.3. The molecule has 0 aliphatic heterocycles. The van der Waals surface area contributed by atoms with Gasteiger partial charge in [-0.05, 0) is 36.5 Å². The van der Waals surface area contributed by atoms with E-state index in [0.29, 0.717) is 12.0 Å². The highest BCUT2D eigenvalue weighted by Gasteiger charge is 2.23. The van der Waals surface area contributed by atoms with Crippen LogP contribution in [0.25, 0.3) is 0 Å². The van der Waals surface area contributed by atoms with Gasteiger partial charge in [-0.15, -0.1) is 0 Å². The molecular formula is C14H20O4S. The van der Waals surface area contributed by atoms with Gasteiger partial charge in [0.05, 0.1) is 16.2 Å². The Morgan fingerprint density at radius 1 is 1.26 bits per heavy atom. The van der Waals surface area contributed by atoms with Crippen molar-refractivity contribution in [3.63, 3.8) is 0 Å². The molecule has 0 amide bonds. The summed E-state index contributed by atoms with van der Waals surface area (Å²) in [6, 6.07) is 4.36. The van der Waals surface area contributed by atoms with Crippen molar-refractivity contribution in [2.75, 3.05) is 5.75 Å². The van der Waals surface area contributed by atoms with Crippen LogP contribution < -0.4 is 0 Å². The first-order valence-electron chi connectivity index (χ1n) is 6.10. The second-order valence-corrected chi connectivity index (χ2v) is 7.94. The second kappa shape index (κ2) is 5.33. The van der Waals surface area contributed by atoms with E-state index in [9.17, 15) is 13.2 Å². The van der Waals surface area contributed by atoms with Crippen LogP contribution in [-0.4, -0.2) is 25.2 Å². The monoisotopic (exact) mass is 284 g/mol. The molecule has 0 unspecified atom stereocenters. The number of carbonyl (C=O) groups is 1. The van der Waals surface area contributed by atoms with E-state index in [1.54, 1.807) is 0 Å². The van der Waals surface area contributed by atoms with Crippen LogP contribution in [0.3, 0.4) is 0 Å². The molecule has 0 bridgehead atoms. The van der Waals surface area contributed by atoms with Crippen LogP contribution in [0.1, 0.15) is 43.1 Å². The third kappa shape index (κ3) is 4.06. The SMILES string of the molecule is Cc1c(C(=O)O)cccc1S(=O)(=O)CCC(C)(C)C. The van der Waals surface area contributed by atoms with Gasteiger partial charge in [0.25, 0.3) is 0 Å². The molecule has 106 valence electrons. The van der Waals surface area contributed by atoms with E-state index in [1.165, 1.54) is 25.1 Å². The van der Waals surface area contributed by atoms with Gasteiger partial charge >= 0.3 is 5.97 Å². The summed E-state index contributed by atoms with van der Waals surface area (Å²) in [6.45, 7) is 7.46. The Balaban J connectivity index is 3.16. The van der Waals surface area contributed by atoms with Gasteiger partial charge in [0, 0.05) is 0 Å². The standard InChI is InChI=1S/C14H20O4S/c1-10-11(13(15)16)6-5-7-12(10)19(17,18)9-8-14(2,3)4/h5-7H,8-9H2,1-4H3,(H,15,16). The lowest BCUT2D eigenvalue weighted by molar-refractivity contribution is 0.0696. The lowest BCUT2D eigenvalue weighted by Crippen LogP contribution is -2.16. The molecule has 1 rings (SSSR count). The van der Waals surface area contributed by atoms with E-state index in [2.05, 4.69) is 0 Å². The molecule has 0 aliphatic carbocycles. The second-order valence-electron chi connectivity index (χ2n) is 5.86. The Hall–Kier alpha value is -1.36. The number of hydrogen-bond acceptors (Lipinski definition) is 3. The topological polar surface area (TPSA) is 71.4 Å². The van der Waals surface area contributed by atoms with Gasteiger partial charge in [0.15, 0.2) is 9.84 Å². The third-order valence-electron chi connectivity index (χ3n) is 2.97. The lowest BCUT2D eigenvalue weighted by Gasteiger charge is -2.18. The summed E-state index contributed by atoms with van der Waals surface area (Å²) >= 11 is 0. The molecule has 0 saturated carbocycles. The number of benzene rings is 1. The van der Waals surface area contributed by atoms with Crippen LogP contribution in [0.5, 0.6) is 0 Å². The molecule has 1 N–H and O–H groups in total. The minimum atomic E-state index is -3.44. The lowest BCUT2D eigenvalue weighted by atomic mass is 9.94. The fourth-order valence-corrected chi connectivity index (χ4v) is 3.70. The largest absolute Gasteiger partial charge is 0.478 e. The molecule has 0 fully saturated rings. The molecule has 4 nitrogen and oxygen atoms in total. The molecule has 1 aromatic rings. The van der Waals surface area contributed by atoms with Gasteiger partial charge in [-0.1, -0.05) is 26.8 Å². The average molecular weight is 284 g/mol. The Bertz CT molecular complexity index is 580. The van der Waals surface area contributed by atoms with Gasteiger partial charge in [0.2, 0.25) is 0 Å². The van der Waals surface area contributed by atoms with Crippen molar-refractivity contribution >= 4 is 15.8 Å². The van der Waals surface area contributed by atoms with Crippen molar-refractivity contribution in [1.29, 1.82) is 0 Å². The minimum Gasteiger partial charge on any atom is -0.478 e. The first kappa shape index (κ1) is 15.7. The number of carboxylic acids is 1. The number of hydrogen-bond donors (Lipinski definition) is 1. The quantitative estimate of drug-likeness (QED) is 0.922. The summed E-state index contributed by atoms with van der Waals surface area (Å²) in [4.78, 5) is 11.1. The molecule has 1 aromatic carbocycles. The zero-order valence-electron chi connectivity index (χ0n) is 11.7. The molecule has 0 aromatic heterocycles. The van der Waals surface area contributed by atoms with Crippen LogP contribution in [0.4, 0.5) is 0 Å². The maximum Gasteiger partial charge on any atom is 0.335 e. The highest BCUT2D eigenvalue weighted by molar-refractivity contribution is 7.91. The summed E-state index contributed by atoms with van der Waals surface area (Å²) in [6.07, 6.45) is 0.534. The van der Waals surface area contributed by atoms with Crippen molar-refractivity contribution < 1.29 is 18.3 Å². The first-order chi connectivity index (χ1) is 8.54. The van der Waals surface area contributed by atoms with Gasteiger partial charge in [0.1, 0.15) is 0 Å². The zero-order valence-corrected chi connectivity index (χ0v) is 12.5. The Labute approximate surface area is 114 Å². The van der Waals surface area contributed by atoms with E-state index < -0.39 is 15.8 Å². The first-order valence-corrected chi connectivity index (χ1v) is 7.75. The van der Waals surface area contributed by atoms with Crippen LogP contribution in [-0.2, 0) is 9.84 Å². The average Bonchev–Trinajstić information content (AvgIpc) is 2.25. The Kier molecular flexibility index (Phi) is 4.40.